The zero-order valence-electron chi connectivity index (χ0n) is 13.4. The van der Waals surface area contributed by atoms with Gasteiger partial charge in [-0.3, -0.25) is 4.79 Å². The minimum Gasteiger partial charge on any atom is -0.465 e. The number of sulfonamides is 1. The van der Waals surface area contributed by atoms with Crippen molar-refractivity contribution in [1.82, 2.24) is 9.21 Å². The highest BCUT2D eigenvalue weighted by molar-refractivity contribution is 7.89. The van der Waals surface area contributed by atoms with Gasteiger partial charge in [0.25, 0.3) is 0 Å². The number of rotatable bonds is 4. The van der Waals surface area contributed by atoms with Crippen molar-refractivity contribution in [2.75, 3.05) is 26.7 Å². The van der Waals surface area contributed by atoms with Gasteiger partial charge in [0.2, 0.25) is 15.9 Å². The van der Waals surface area contributed by atoms with E-state index >= 15 is 0 Å². The summed E-state index contributed by atoms with van der Waals surface area (Å²) in [5, 5.41) is 1.57. The first-order chi connectivity index (χ1) is 11.4. The van der Waals surface area contributed by atoms with Crippen molar-refractivity contribution in [3.63, 3.8) is 0 Å². The van der Waals surface area contributed by atoms with Gasteiger partial charge in [0.05, 0.1) is 7.11 Å². The summed E-state index contributed by atoms with van der Waals surface area (Å²) in [5.41, 5.74) is 0. The van der Waals surface area contributed by atoms with E-state index in [2.05, 4.69) is 4.74 Å². The lowest BCUT2D eigenvalue weighted by Crippen LogP contribution is -2.50. The summed E-state index contributed by atoms with van der Waals surface area (Å²) >= 11 is 1.05. The fourth-order valence-corrected chi connectivity index (χ4v) is 6.15. The van der Waals surface area contributed by atoms with Crippen LogP contribution in [0.2, 0.25) is 0 Å². The molecule has 7 nitrogen and oxygen atoms in total. The number of hydrogen-bond acceptors (Lipinski definition) is 6. The molecule has 24 heavy (non-hydrogen) atoms. The van der Waals surface area contributed by atoms with Crippen LogP contribution in [0.4, 0.5) is 0 Å². The molecule has 1 amide bonds. The molecule has 2 aliphatic rings. The Morgan fingerprint density at radius 1 is 1.33 bits per heavy atom. The maximum absolute atomic E-state index is 13.0. The molecular formula is C15H20N2O5S2. The second-order valence-electron chi connectivity index (χ2n) is 5.96. The SMILES string of the molecule is COC(=O)c1sccc1S(=O)(=O)N1CCCC(N2CCCC2=O)C1. The Balaban J connectivity index is 1.83. The van der Waals surface area contributed by atoms with Crippen molar-refractivity contribution in [1.29, 1.82) is 0 Å². The van der Waals surface area contributed by atoms with Crippen LogP contribution in [0, 0.1) is 0 Å². The van der Waals surface area contributed by atoms with E-state index in [1.807, 2.05) is 0 Å². The average molecular weight is 372 g/mol. The Bertz CT molecular complexity index is 743. The van der Waals surface area contributed by atoms with Crippen LogP contribution in [0.25, 0.3) is 0 Å². The molecule has 9 heteroatoms. The Kier molecular flexibility index (Phi) is 4.93. The number of ether oxygens (including phenoxy) is 1. The summed E-state index contributed by atoms with van der Waals surface area (Å²) in [6.07, 6.45) is 2.88. The summed E-state index contributed by atoms with van der Waals surface area (Å²) < 4.78 is 32.0. The van der Waals surface area contributed by atoms with E-state index in [9.17, 15) is 18.0 Å². The molecule has 3 heterocycles. The summed E-state index contributed by atoms with van der Waals surface area (Å²) in [6, 6.07) is 1.36. The van der Waals surface area contributed by atoms with Gasteiger partial charge in [-0.1, -0.05) is 0 Å². The zero-order valence-corrected chi connectivity index (χ0v) is 15.1. The number of methoxy groups -OCH3 is 1. The molecule has 0 aliphatic carbocycles. The van der Waals surface area contributed by atoms with E-state index in [0.29, 0.717) is 25.9 Å². The van der Waals surface area contributed by atoms with Gasteiger partial charge in [0.1, 0.15) is 9.77 Å². The lowest BCUT2D eigenvalue weighted by Gasteiger charge is -2.36. The molecule has 1 atom stereocenters. The number of esters is 1. The molecule has 1 aromatic rings. The lowest BCUT2D eigenvalue weighted by molar-refractivity contribution is -0.130. The molecule has 3 rings (SSSR count). The van der Waals surface area contributed by atoms with Crippen LogP contribution < -0.4 is 0 Å². The van der Waals surface area contributed by atoms with Crippen molar-refractivity contribution in [3.8, 4) is 0 Å². The van der Waals surface area contributed by atoms with Crippen LogP contribution in [-0.4, -0.2) is 62.3 Å². The number of carbonyl (C=O) groups is 2. The van der Waals surface area contributed by atoms with E-state index in [0.717, 1.165) is 24.2 Å². The van der Waals surface area contributed by atoms with Gasteiger partial charge in [-0.15, -0.1) is 11.3 Å². The average Bonchev–Trinajstić information content (AvgIpc) is 3.23. The number of amides is 1. The molecule has 2 aliphatic heterocycles. The monoisotopic (exact) mass is 372 g/mol. The van der Waals surface area contributed by atoms with E-state index in [-0.39, 0.29) is 28.3 Å². The van der Waals surface area contributed by atoms with Gasteiger partial charge < -0.3 is 9.64 Å². The molecule has 0 saturated carbocycles. The Morgan fingerprint density at radius 2 is 2.12 bits per heavy atom. The molecular weight excluding hydrogens is 352 g/mol. The summed E-state index contributed by atoms with van der Waals surface area (Å²) in [4.78, 5) is 25.6. The number of hydrogen-bond donors (Lipinski definition) is 0. The second-order valence-corrected chi connectivity index (χ2v) is 8.78. The molecule has 1 unspecified atom stereocenters. The first-order valence-electron chi connectivity index (χ1n) is 7.90. The molecule has 0 spiro atoms. The van der Waals surface area contributed by atoms with Crippen molar-refractivity contribution in [3.05, 3.63) is 16.3 Å². The fourth-order valence-electron chi connectivity index (χ4n) is 3.33. The molecule has 0 N–H and O–H groups in total. The van der Waals surface area contributed by atoms with E-state index in [1.165, 1.54) is 17.5 Å². The fraction of sp³-hybridized carbons (Fsp3) is 0.600. The third-order valence-electron chi connectivity index (χ3n) is 4.53. The Labute approximate surface area is 145 Å². The topological polar surface area (TPSA) is 84.0 Å². The molecule has 0 bridgehead atoms. The predicted octanol–water partition coefficient (Wildman–Crippen LogP) is 1.31. The van der Waals surface area contributed by atoms with E-state index in [1.54, 1.807) is 10.3 Å². The highest BCUT2D eigenvalue weighted by Crippen LogP contribution is 2.29. The highest BCUT2D eigenvalue weighted by atomic mass is 32.2. The smallest absolute Gasteiger partial charge is 0.349 e. The Hall–Kier alpha value is -1.45. The predicted molar refractivity (Wildman–Crippen MR) is 88.4 cm³/mol. The van der Waals surface area contributed by atoms with Crippen molar-refractivity contribution >= 4 is 33.2 Å². The van der Waals surface area contributed by atoms with Gasteiger partial charge >= 0.3 is 5.97 Å². The van der Waals surface area contributed by atoms with Crippen molar-refractivity contribution < 1.29 is 22.7 Å². The summed E-state index contributed by atoms with van der Waals surface area (Å²) in [6.45, 7) is 1.38. The van der Waals surface area contributed by atoms with Gasteiger partial charge in [-0.25, -0.2) is 13.2 Å². The second kappa shape index (κ2) is 6.81. The van der Waals surface area contributed by atoms with E-state index in [4.69, 9.17) is 0 Å². The molecule has 2 fully saturated rings. The molecule has 2 saturated heterocycles. The molecule has 0 radical (unpaired) electrons. The standard InChI is InChI=1S/C15H20N2O5S2/c1-22-15(19)14-12(6-9-23-14)24(20,21)16-7-2-4-11(10-16)17-8-3-5-13(17)18/h6,9,11H,2-5,7-8,10H2,1H3. The lowest BCUT2D eigenvalue weighted by atomic mass is 10.1. The molecule has 0 aromatic carbocycles. The van der Waals surface area contributed by atoms with Crippen molar-refractivity contribution in [2.24, 2.45) is 0 Å². The largest absolute Gasteiger partial charge is 0.465 e. The highest BCUT2D eigenvalue weighted by Gasteiger charge is 2.37. The van der Waals surface area contributed by atoms with Gasteiger partial charge in [-0.05, 0) is 30.7 Å². The van der Waals surface area contributed by atoms with Crippen LogP contribution in [0.1, 0.15) is 35.4 Å². The number of thiophene rings is 1. The minimum atomic E-state index is -3.78. The van der Waals surface area contributed by atoms with Crippen LogP contribution in [-0.2, 0) is 19.6 Å². The number of piperidine rings is 1. The third kappa shape index (κ3) is 3.07. The minimum absolute atomic E-state index is 0.00671. The van der Waals surface area contributed by atoms with Gasteiger partial charge in [0, 0.05) is 32.1 Å². The Morgan fingerprint density at radius 3 is 2.79 bits per heavy atom. The normalized spacial score (nSPS) is 22.8. The zero-order chi connectivity index (χ0) is 17.3. The quantitative estimate of drug-likeness (QED) is 0.744. The van der Waals surface area contributed by atoms with Crippen LogP contribution in [0.15, 0.2) is 16.3 Å². The molecule has 132 valence electrons. The third-order valence-corrected chi connectivity index (χ3v) is 7.46. The number of nitrogens with zero attached hydrogens (tertiary/aromatic N) is 2. The van der Waals surface area contributed by atoms with Crippen LogP contribution >= 0.6 is 11.3 Å². The van der Waals surface area contributed by atoms with Crippen LogP contribution in [0.5, 0.6) is 0 Å². The summed E-state index contributed by atoms with van der Waals surface area (Å²) in [7, 11) is -2.55. The first kappa shape index (κ1) is 17.4. The van der Waals surface area contributed by atoms with Gasteiger partial charge in [-0.2, -0.15) is 4.31 Å². The van der Waals surface area contributed by atoms with E-state index < -0.39 is 16.0 Å². The molecule has 1 aromatic heterocycles. The van der Waals surface area contributed by atoms with Gasteiger partial charge in [0.15, 0.2) is 0 Å². The number of carbonyl (C=O) groups excluding carboxylic acids is 2. The first-order valence-corrected chi connectivity index (χ1v) is 10.2. The summed E-state index contributed by atoms with van der Waals surface area (Å²) in [5.74, 6) is -0.545. The van der Waals surface area contributed by atoms with Crippen LogP contribution in [0.3, 0.4) is 0 Å². The maximum Gasteiger partial charge on any atom is 0.349 e. The van der Waals surface area contributed by atoms with Crippen molar-refractivity contribution in [2.45, 2.75) is 36.6 Å². The maximum atomic E-state index is 13.0. The number of likely N-dealkylation sites (tertiary alicyclic amines) is 1.